The summed E-state index contributed by atoms with van der Waals surface area (Å²) in [6.45, 7) is 3.07. The minimum Gasteiger partial charge on any atom is -0.327 e. The number of sulfonamides is 1. The highest BCUT2D eigenvalue weighted by molar-refractivity contribution is 7.89. The highest BCUT2D eigenvalue weighted by Crippen LogP contribution is 2.36. The van der Waals surface area contributed by atoms with Crippen LogP contribution in [0.2, 0.25) is 0 Å². The molecule has 3 unspecified atom stereocenters. The Balaban J connectivity index is 1.66. The molecule has 1 saturated heterocycles. The van der Waals surface area contributed by atoms with Crippen LogP contribution in [0.4, 0.5) is 0 Å². The highest BCUT2D eigenvalue weighted by Gasteiger charge is 2.38. The van der Waals surface area contributed by atoms with E-state index in [0.29, 0.717) is 16.9 Å². The Labute approximate surface area is 139 Å². The van der Waals surface area contributed by atoms with E-state index in [9.17, 15) is 8.42 Å². The zero-order chi connectivity index (χ0) is 16.6. The van der Waals surface area contributed by atoms with Crippen molar-refractivity contribution in [3.63, 3.8) is 0 Å². The molecule has 0 amide bonds. The van der Waals surface area contributed by atoms with Gasteiger partial charge in [-0.15, -0.1) is 0 Å². The van der Waals surface area contributed by atoms with Gasteiger partial charge in [0.1, 0.15) is 0 Å². The molecule has 3 rings (SSSR count). The van der Waals surface area contributed by atoms with Gasteiger partial charge in [-0.25, -0.2) is 12.7 Å². The second kappa shape index (κ2) is 6.51. The topological polar surface area (TPSA) is 66.6 Å². The number of rotatable bonds is 4. The summed E-state index contributed by atoms with van der Waals surface area (Å²) in [6.07, 6.45) is 3.72. The lowest BCUT2D eigenvalue weighted by Gasteiger charge is -2.29. The number of likely N-dealkylation sites (tertiary alicyclic amines) is 1. The maximum Gasteiger partial charge on any atom is 0.242 e. The Bertz CT molecular complexity index is 642. The second-order valence-electron chi connectivity index (χ2n) is 7.14. The third-order valence-electron chi connectivity index (χ3n) is 5.34. The Morgan fingerprint density at radius 1 is 1.17 bits per heavy atom. The smallest absolute Gasteiger partial charge is 0.242 e. The Hall–Kier alpha value is -0.950. The van der Waals surface area contributed by atoms with Crippen LogP contribution in [0.3, 0.4) is 0 Å². The van der Waals surface area contributed by atoms with Crippen molar-refractivity contribution in [3.8, 4) is 0 Å². The van der Waals surface area contributed by atoms with Crippen LogP contribution in [-0.4, -0.2) is 50.8 Å². The fraction of sp³-hybridized carbons (Fsp3) is 0.647. The van der Waals surface area contributed by atoms with E-state index >= 15 is 0 Å². The van der Waals surface area contributed by atoms with Crippen LogP contribution in [0.5, 0.6) is 0 Å². The Morgan fingerprint density at radius 3 is 2.48 bits per heavy atom. The number of fused-ring (bicyclic) bond motifs is 1. The molecule has 1 aliphatic carbocycles. The van der Waals surface area contributed by atoms with Gasteiger partial charge >= 0.3 is 0 Å². The van der Waals surface area contributed by atoms with Gasteiger partial charge in [-0.1, -0.05) is 18.6 Å². The lowest BCUT2D eigenvalue weighted by molar-refractivity contribution is 0.259. The summed E-state index contributed by atoms with van der Waals surface area (Å²) in [6, 6.07) is 7.63. The average molecular weight is 337 g/mol. The lowest BCUT2D eigenvalue weighted by atomic mass is 9.78. The first-order chi connectivity index (χ1) is 10.9. The van der Waals surface area contributed by atoms with E-state index in [1.54, 1.807) is 26.2 Å². The molecule has 1 aliphatic heterocycles. The van der Waals surface area contributed by atoms with Gasteiger partial charge in [-0.3, -0.25) is 4.90 Å². The summed E-state index contributed by atoms with van der Waals surface area (Å²) in [5.41, 5.74) is 7.44. The number of nitrogens with zero attached hydrogens (tertiary/aromatic N) is 2. The van der Waals surface area contributed by atoms with Crippen molar-refractivity contribution < 1.29 is 8.42 Å². The van der Waals surface area contributed by atoms with Crippen LogP contribution in [0.25, 0.3) is 0 Å². The molecule has 2 N–H and O–H groups in total. The van der Waals surface area contributed by atoms with Gasteiger partial charge in [0, 0.05) is 39.8 Å². The molecular weight excluding hydrogens is 310 g/mol. The number of benzene rings is 1. The largest absolute Gasteiger partial charge is 0.327 e. The maximum absolute atomic E-state index is 12.1. The summed E-state index contributed by atoms with van der Waals surface area (Å²) in [4.78, 5) is 2.82. The molecule has 0 bridgehead atoms. The molecule has 5 nitrogen and oxygen atoms in total. The molecule has 1 heterocycles. The van der Waals surface area contributed by atoms with Gasteiger partial charge in [0.2, 0.25) is 10.0 Å². The van der Waals surface area contributed by atoms with Crippen molar-refractivity contribution in [1.29, 1.82) is 0 Å². The van der Waals surface area contributed by atoms with Crippen molar-refractivity contribution in [3.05, 3.63) is 29.8 Å². The van der Waals surface area contributed by atoms with Crippen LogP contribution in [0.1, 0.15) is 24.8 Å². The molecule has 2 fully saturated rings. The Kier molecular flexibility index (Phi) is 4.78. The predicted octanol–water partition coefficient (Wildman–Crippen LogP) is 1.50. The van der Waals surface area contributed by atoms with Gasteiger partial charge in [0.15, 0.2) is 0 Å². The molecular formula is C17H27N3O2S. The van der Waals surface area contributed by atoms with Crippen LogP contribution in [-0.2, 0) is 16.6 Å². The molecule has 3 atom stereocenters. The Morgan fingerprint density at radius 2 is 1.87 bits per heavy atom. The van der Waals surface area contributed by atoms with E-state index in [0.717, 1.165) is 37.5 Å². The molecule has 2 aliphatic rings. The third-order valence-corrected chi connectivity index (χ3v) is 7.17. The molecule has 0 aromatic heterocycles. The molecule has 1 aromatic rings. The molecule has 23 heavy (non-hydrogen) atoms. The van der Waals surface area contributed by atoms with Crippen LogP contribution >= 0.6 is 0 Å². The van der Waals surface area contributed by atoms with E-state index in [-0.39, 0.29) is 0 Å². The van der Waals surface area contributed by atoms with E-state index in [2.05, 4.69) is 4.90 Å². The summed E-state index contributed by atoms with van der Waals surface area (Å²) < 4.78 is 25.4. The van der Waals surface area contributed by atoms with Crippen molar-refractivity contribution in [2.45, 2.75) is 36.7 Å². The van der Waals surface area contributed by atoms with Crippen molar-refractivity contribution in [1.82, 2.24) is 9.21 Å². The van der Waals surface area contributed by atoms with Crippen LogP contribution in [0, 0.1) is 11.8 Å². The summed E-state index contributed by atoms with van der Waals surface area (Å²) in [5, 5.41) is 0. The normalized spacial score (nSPS) is 29.0. The standard InChI is InChI=1S/C17H27N3O2S/c1-19(2)23(21,22)15-8-6-13(7-9-15)10-20-11-14-4-3-5-17(18)16(14)12-20/h6-9,14,16-17H,3-5,10-12,18H2,1-2H3. The summed E-state index contributed by atoms with van der Waals surface area (Å²) in [7, 11) is -0.234. The zero-order valence-corrected chi connectivity index (χ0v) is 14.8. The maximum atomic E-state index is 12.1. The minimum atomic E-state index is -3.34. The molecule has 128 valence electrons. The molecule has 6 heteroatoms. The molecule has 0 radical (unpaired) electrons. The summed E-state index contributed by atoms with van der Waals surface area (Å²) >= 11 is 0. The fourth-order valence-corrected chi connectivity index (χ4v) is 4.88. The fourth-order valence-electron chi connectivity index (χ4n) is 3.97. The second-order valence-corrected chi connectivity index (χ2v) is 9.30. The first-order valence-electron chi connectivity index (χ1n) is 8.37. The summed E-state index contributed by atoms with van der Waals surface area (Å²) in [5.74, 6) is 1.38. The van der Waals surface area contributed by atoms with E-state index in [4.69, 9.17) is 5.73 Å². The third kappa shape index (κ3) is 3.45. The van der Waals surface area contributed by atoms with Gasteiger partial charge in [-0.2, -0.15) is 0 Å². The zero-order valence-electron chi connectivity index (χ0n) is 14.0. The minimum absolute atomic E-state index is 0.350. The SMILES string of the molecule is CN(C)S(=O)(=O)c1ccc(CN2CC3CCCC(N)C3C2)cc1. The predicted molar refractivity (Wildman–Crippen MR) is 91.4 cm³/mol. The average Bonchev–Trinajstić information content (AvgIpc) is 2.91. The first-order valence-corrected chi connectivity index (χ1v) is 9.81. The monoisotopic (exact) mass is 337 g/mol. The number of hydrogen-bond acceptors (Lipinski definition) is 4. The van der Waals surface area contributed by atoms with Crippen molar-refractivity contribution in [2.75, 3.05) is 27.2 Å². The van der Waals surface area contributed by atoms with Gasteiger partial charge < -0.3 is 5.73 Å². The van der Waals surface area contributed by atoms with E-state index in [1.807, 2.05) is 12.1 Å². The molecule has 0 spiro atoms. The van der Waals surface area contributed by atoms with Gasteiger partial charge in [-0.05, 0) is 42.4 Å². The van der Waals surface area contributed by atoms with Crippen LogP contribution in [0.15, 0.2) is 29.2 Å². The number of nitrogens with two attached hydrogens (primary N) is 1. The van der Waals surface area contributed by atoms with E-state index in [1.165, 1.54) is 17.1 Å². The molecule has 1 aromatic carbocycles. The van der Waals surface area contributed by atoms with E-state index < -0.39 is 10.0 Å². The molecule has 1 saturated carbocycles. The van der Waals surface area contributed by atoms with Crippen molar-refractivity contribution in [2.24, 2.45) is 17.6 Å². The van der Waals surface area contributed by atoms with Crippen molar-refractivity contribution >= 4 is 10.0 Å². The van der Waals surface area contributed by atoms with Gasteiger partial charge in [0.05, 0.1) is 4.90 Å². The first kappa shape index (κ1) is 16.9. The van der Waals surface area contributed by atoms with Crippen LogP contribution < -0.4 is 5.73 Å². The quantitative estimate of drug-likeness (QED) is 0.904. The highest BCUT2D eigenvalue weighted by atomic mass is 32.2. The van der Waals surface area contributed by atoms with Gasteiger partial charge in [0.25, 0.3) is 0 Å². The lowest BCUT2D eigenvalue weighted by Crippen LogP contribution is -2.38. The number of hydrogen-bond donors (Lipinski definition) is 1.